The molecule has 0 aliphatic rings. The van der Waals surface area contributed by atoms with Gasteiger partial charge in [-0.2, -0.15) is 0 Å². The number of rotatable bonds is 7. The van der Waals surface area contributed by atoms with Gasteiger partial charge in [0, 0.05) is 22.2 Å². The summed E-state index contributed by atoms with van der Waals surface area (Å²) in [7, 11) is 0. The minimum atomic E-state index is -1.19. The summed E-state index contributed by atoms with van der Waals surface area (Å²) in [5.41, 5.74) is -1.19. The number of carbonyl (C=O) groups excluding carboxylic acids is 1. The Hall–Kier alpha value is -1.56. The monoisotopic (exact) mass is 312 g/mol. The Balaban J connectivity index is 2.57. The van der Waals surface area contributed by atoms with Gasteiger partial charge < -0.3 is 15.7 Å². The molecule has 0 aromatic carbocycles. The molecule has 0 aliphatic carbocycles. The molecule has 5 nitrogen and oxygen atoms in total. The van der Waals surface area contributed by atoms with E-state index in [2.05, 4.69) is 22.8 Å². The Morgan fingerprint density at radius 1 is 1.33 bits per heavy atom. The van der Waals surface area contributed by atoms with Crippen molar-refractivity contribution in [2.45, 2.75) is 58.5 Å². The lowest BCUT2D eigenvalue weighted by Gasteiger charge is -2.28. The summed E-state index contributed by atoms with van der Waals surface area (Å²) >= 11 is 1.70. The fourth-order valence-electron chi connectivity index (χ4n) is 2.21. The number of aryl methyl sites for hydroxylation is 1. The molecular weight excluding hydrogens is 288 g/mol. The molecule has 118 valence electrons. The van der Waals surface area contributed by atoms with Gasteiger partial charge in [-0.05, 0) is 38.8 Å². The van der Waals surface area contributed by atoms with Crippen molar-refractivity contribution >= 4 is 23.3 Å². The van der Waals surface area contributed by atoms with Crippen LogP contribution in [0.15, 0.2) is 12.1 Å². The fourth-order valence-corrected chi connectivity index (χ4v) is 3.23. The molecule has 1 atom stereocenters. The van der Waals surface area contributed by atoms with E-state index in [-0.39, 0.29) is 6.04 Å². The molecule has 1 heterocycles. The van der Waals surface area contributed by atoms with Gasteiger partial charge in [-0.3, -0.25) is 0 Å². The van der Waals surface area contributed by atoms with Gasteiger partial charge >= 0.3 is 12.0 Å². The Bertz CT molecular complexity index is 495. The molecule has 0 radical (unpaired) electrons. The average Bonchev–Trinajstić information content (AvgIpc) is 2.80. The molecule has 2 amide bonds. The number of carboxylic acid groups (broad SMARTS) is 1. The van der Waals surface area contributed by atoms with Crippen LogP contribution in [0.4, 0.5) is 4.79 Å². The van der Waals surface area contributed by atoms with Gasteiger partial charge in [0.15, 0.2) is 0 Å². The minimum absolute atomic E-state index is 0.0525. The van der Waals surface area contributed by atoms with E-state index in [1.807, 2.05) is 13.8 Å². The van der Waals surface area contributed by atoms with Crippen molar-refractivity contribution < 1.29 is 14.7 Å². The lowest BCUT2D eigenvalue weighted by molar-refractivity contribution is -0.144. The molecular formula is C15H24N2O3S. The highest BCUT2D eigenvalue weighted by Crippen LogP contribution is 2.17. The number of hydrogen-bond acceptors (Lipinski definition) is 3. The van der Waals surface area contributed by atoms with E-state index in [1.54, 1.807) is 25.2 Å². The van der Waals surface area contributed by atoms with E-state index in [9.17, 15) is 14.7 Å². The number of hydrogen-bond donors (Lipinski definition) is 3. The van der Waals surface area contributed by atoms with Crippen LogP contribution in [0.3, 0.4) is 0 Å². The van der Waals surface area contributed by atoms with Crippen LogP contribution < -0.4 is 10.6 Å². The second-order valence-electron chi connectivity index (χ2n) is 5.31. The number of aliphatic carboxylic acids is 1. The number of carbonyl (C=O) groups is 2. The van der Waals surface area contributed by atoms with Gasteiger partial charge in [0.25, 0.3) is 0 Å². The predicted molar refractivity (Wildman–Crippen MR) is 84.8 cm³/mol. The molecule has 1 unspecified atom stereocenters. The maximum atomic E-state index is 12.0. The first kappa shape index (κ1) is 17.5. The van der Waals surface area contributed by atoms with Gasteiger partial charge in [0.05, 0.1) is 0 Å². The second kappa shape index (κ2) is 7.45. The van der Waals surface area contributed by atoms with Crippen molar-refractivity contribution in [2.75, 3.05) is 0 Å². The largest absolute Gasteiger partial charge is 0.480 e. The fraction of sp³-hybridized carbons (Fsp3) is 0.600. The molecule has 1 rings (SSSR count). The third kappa shape index (κ3) is 4.74. The number of carboxylic acids is 1. The summed E-state index contributed by atoms with van der Waals surface area (Å²) in [4.78, 5) is 25.8. The summed E-state index contributed by atoms with van der Waals surface area (Å²) in [6.07, 6.45) is 1.44. The molecule has 6 heteroatoms. The Morgan fingerprint density at radius 2 is 1.95 bits per heavy atom. The van der Waals surface area contributed by atoms with Gasteiger partial charge in [0.2, 0.25) is 0 Å². The smallest absolute Gasteiger partial charge is 0.329 e. The van der Waals surface area contributed by atoms with Crippen molar-refractivity contribution in [2.24, 2.45) is 0 Å². The minimum Gasteiger partial charge on any atom is -0.480 e. The third-order valence-corrected chi connectivity index (χ3v) is 4.67. The Morgan fingerprint density at radius 3 is 2.38 bits per heavy atom. The number of urea groups is 1. The van der Waals surface area contributed by atoms with Crippen LogP contribution in [0, 0.1) is 6.92 Å². The van der Waals surface area contributed by atoms with Crippen LogP contribution in [0.25, 0.3) is 0 Å². The predicted octanol–water partition coefficient (Wildman–Crippen LogP) is 2.93. The van der Waals surface area contributed by atoms with E-state index < -0.39 is 17.5 Å². The van der Waals surface area contributed by atoms with E-state index >= 15 is 0 Å². The molecule has 0 spiro atoms. The summed E-state index contributed by atoms with van der Waals surface area (Å²) < 4.78 is 0. The van der Waals surface area contributed by atoms with Crippen molar-refractivity contribution in [1.29, 1.82) is 0 Å². The standard InChI is InChI=1S/C15H24N2O3S/c1-5-15(6-2,13(18)19)17-14(20)16-10(3)9-12-8-7-11(4)21-12/h7-8,10H,5-6,9H2,1-4H3,(H,18,19)(H2,16,17,20). The van der Waals surface area contributed by atoms with Crippen molar-refractivity contribution in [1.82, 2.24) is 10.6 Å². The number of thiophene rings is 1. The first-order valence-corrected chi connectivity index (χ1v) is 8.02. The van der Waals surface area contributed by atoms with Crippen molar-refractivity contribution in [3.05, 3.63) is 21.9 Å². The molecule has 1 aromatic heterocycles. The highest BCUT2D eigenvalue weighted by molar-refractivity contribution is 7.11. The van der Waals surface area contributed by atoms with Crippen molar-refractivity contribution in [3.8, 4) is 0 Å². The van der Waals surface area contributed by atoms with Gasteiger partial charge in [0.1, 0.15) is 5.54 Å². The first-order chi connectivity index (χ1) is 9.82. The summed E-state index contributed by atoms with van der Waals surface area (Å²) in [6, 6.07) is 3.62. The van der Waals surface area contributed by atoms with Gasteiger partial charge in [-0.1, -0.05) is 13.8 Å². The number of nitrogens with one attached hydrogen (secondary N) is 2. The number of amides is 2. The van der Waals surface area contributed by atoms with Crippen LogP contribution in [0.5, 0.6) is 0 Å². The SMILES string of the molecule is CCC(CC)(NC(=O)NC(C)Cc1ccc(C)s1)C(=O)O. The van der Waals surface area contributed by atoms with Crippen LogP contribution >= 0.6 is 11.3 Å². The lowest BCUT2D eigenvalue weighted by atomic mass is 9.93. The normalized spacial score (nSPS) is 12.8. The zero-order valence-corrected chi connectivity index (χ0v) is 13.8. The first-order valence-electron chi connectivity index (χ1n) is 7.20. The lowest BCUT2D eigenvalue weighted by Crippen LogP contribution is -2.57. The highest BCUT2D eigenvalue weighted by Gasteiger charge is 2.36. The van der Waals surface area contributed by atoms with Gasteiger partial charge in [-0.15, -0.1) is 11.3 Å². The molecule has 0 aliphatic heterocycles. The second-order valence-corrected chi connectivity index (χ2v) is 6.68. The third-order valence-electron chi connectivity index (χ3n) is 3.65. The van der Waals surface area contributed by atoms with Crippen LogP contribution in [0.2, 0.25) is 0 Å². The maximum Gasteiger partial charge on any atom is 0.329 e. The highest BCUT2D eigenvalue weighted by atomic mass is 32.1. The van der Waals surface area contributed by atoms with Crippen molar-refractivity contribution in [3.63, 3.8) is 0 Å². The molecule has 3 N–H and O–H groups in total. The van der Waals surface area contributed by atoms with Gasteiger partial charge in [-0.25, -0.2) is 9.59 Å². The van der Waals surface area contributed by atoms with Crippen LogP contribution in [0.1, 0.15) is 43.4 Å². The summed E-state index contributed by atoms with van der Waals surface area (Å²) in [5, 5.41) is 14.7. The van der Waals surface area contributed by atoms with E-state index in [1.165, 1.54) is 9.75 Å². The molecule has 0 saturated heterocycles. The quantitative estimate of drug-likeness (QED) is 0.724. The molecule has 0 fully saturated rings. The molecule has 1 aromatic rings. The van der Waals surface area contributed by atoms with E-state index in [0.29, 0.717) is 12.8 Å². The maximum absolute atomic E-state index is 12.0. The Labute approximate surface area is 129 Å². The van der Waals surface area contributed by atoms with E-state index in [0.717, 1.165) is 6.42 Å². The van der Waals surface area contributed by atoms with Crippen LogP contribution in [-0.4, -0.2) is 28.7 Å². The summed E-state index contributed by atoms with van der Waals surface area (Å²) in [5.74, 6) is -0.996. The topological polar surface area (TPSA) is 78.4 Å². The Kier molecular flexibility index (Phi) is 6.20. The van der Waals surface area contributed by atoms with E-state index in [4.69, 9.17) is 0 Å². The zero-order chi connectivity index (χ0) is 16.0. The molecule has 21 heavy (non-hydrogen) atoms. The van der Waals surface area contributed by atoms with Crippen LogP contribution in [-0.2, 0) is 11.2 Å². The molecule has 0 saturated carbocycles. The summed E-state index contributed by atoms with van der Waals surface area (Å²) in [6.45, 7) is 7.48. The average molecular weight is 312 g/mol. The molecule has 0 bridgehead atoms. The zero-order valence-electron chi connectivity index (χ0n) is 13.0.